The molecule has 4 bridgehead atoms. The molecule has 4 saturated carbocycles. The lowest BCUT2D eigenvalue weighted by molar-refractivity contribution is -0.0680. The molecule has 0 spiro atoms. The van der Waals surface area contributed by atoms with Crippen LogP contribution in [0.1, 0.15) is 45.4 Å². The smallest absolute Gasteiger partial charge is 0.312 e. The minimum atomic E-state index is -0.358. The first-order chi connectivity index (χ1) is 7.57. The van der Waals surface area contributed by atoms with Gasteiger partial charge in [0.05, 0.1) is 0 Å². The first kappa shape index (κ1) is 10.4. The van der Waals surface area contributed by atoms with E-state index in [0.29, 0.717) is 5.41 Å². The van der Waals surface area contributed by atoms with E-state index in [1.807, 2.05) is 0 Å². The zero-order valence-electron chi connectivity index (χ0n) is 10.0. The SMILES string of the molecule is C[C@H](NC(N)=O)C12CC3CC(CC(C3)C1)C2. The third-order valence-corrected chi connectivity index (χ3v) is 5.36. The van der Waals surface area contributed by atoms with Crippen LogP contribution in [-0.2, 0) is 0 Å². The molecule has 2 amide bonds. The molecule has 4 aliphatic rings. The molecule has 3 N–H and O–H groups in total. The first-order valence-corrected chi connectivity index (χ1v) is 6.63. The van der Waals surface area contributed by atoms with E-state index in [1.54, 1.807) is 0 Å². The molecule has 0 radical (unpaired) electrons. The summed E-state index contributed by atoms with van der Waals surface area (Å²) in [5.74, 6) is 2.80. The van der Waals surface area contributed by atoms with Gasteiger partial charge in [0.1, 0.15) is 0 Å². The van der Waals surface area contributed by atoms with Crippen LogP contribution in [-0.4, -0.2) is 12.1 Å². The minimum absolute atomic E-state index is 0.262. The van der Waals surface area contributed by atoms with Crippen molar-refractivity contribution in [3.05, 3.63) is 0 Å². The van der Waals surface area contributed by atoms with Gasteiger partial charge in [0, 0.05) is 6.04 Å². The fourth-order valence-corrected chi connectivity index (χ4v) is 5.07. The molecule has 16 heavy (non-hydrogen) atoms. The third-order valence-electron chi connectivity index (χ3n) is 5.36. The molecule has 0 heterocycles. The largest absolute Gasteiger partial charge is 0.352 e. The second-order valence-corrected chi connectivity index (χ2v) is 6.51. The second kappa shape index (κ2) is 3.38. The Morgan fingerprint density at radius 2 is 1.62 bits per heavy atom. The number of amides is 2. The van der Waals surface area contributed by atoms with Crippen molar-refractivity contribution in [2.24, 2.45) is 28.9 Å². The van der Waals surface area contributed by atoms with Crippen molar-refractivity contribution in [2.45, 2.75) is 51.5 Å². The highest BCUT2D eigenvalue weighted by Crippen LogP contribution is 2.61. The highest BCUT2D eigenvalue weighted by Gasteiger charge is 2.53. The predicted molar refractivity (Wildman–Crippen MR) is 62.8 cm³/mol. The zero-order valence-corrected chi connectivity index (χ0v) is 10.0. The average Bonchev–Trinajstić information content (AvgIpc) is 2.13. The molecule has 4 rings (SSSR count). The number of primary amides is 1. The quantitative estimate of drug-likeness (QED) is 0.739. The summed E-state index contributed by atoms with van der Waals surface area (Å²) in [6, 6.07) is -0.0957. The summed E-state index contributed by atoms with van der Waals surface area (Å²) in [6.45, 7) is 2.15. The van der Waals surface area contributed by atoms with Crippen LogP contribution < -0.4 is 11.1 Å². The van der Waals surface area contributed by atoms with Gasteiger partial charge in [0.2, 0.25) is 0 Å². The summed E-state index contributed by atoms with van der Waals surface area (Å²) in [7, 11) is 0. The number of nitrogens with one attached hydrogen (secondary N) is 1. The molecule has 3 nitrogen and oxygen atoms in total. The Balaban J connectivity index is 1.80. The summed E-state index contributed by atoms with van der Waals surface area (Å²) >= 11 is 0. The number of hydrogen-bond donors (Lipinski definition) is 2. The second-order valence-electron chi connectivity index (χ2n) is 6.51. The van der Waals surface area contributed by atoms with Crippen molar-refractivity contribution in [3.8, 4) is 0 Å². The lowest BCUT2D eigenvalue weighted by atomic mass is 9.48. The van der Waals surface area contributed by atoms with Crippen LogP contribution in [0.25, 0.3) is 0 Å². The maximum Gasteiger partial charge on any atom is 0.312 e. The van der Waals surface area contributed by atoms with Gasteiger partial charge in [-0.25, -0.2) is 4.79 Å². The van der Waals surface area contributed by atoms with E-state index in [9.17, 15) is 4.79 Å². The Hall–Kier alpha value is -0.730. The molecule has 0 saturated heterocycles. The van der Waals surface area contributed by atoms with Crippen LogP contribution in [0.4, 0.5) is 4.79 Å². The first-order valence-electron chi connectivity index (χ1n) is 6.63. The normalized spacial score (nSPS) is 46.7. The van der Waals surface area contributed by atoms with Crippen LogP contribution in [0.5, 0.6) is 0 Å². The van der Waals surface area contributed by atoms with Crippen molar-refractivity contribution in [2.75, 3.05) is 0 Å². The Morgan fingerprint density at radius 3 is 2.00 bits per heavy atom. The van der Waals surface area contributed by atoms with Crippen molar-refractivity contribution in [3.63, 3.8) is 0 Å². The van der Waals surface area contributed by atoms with Gasteiger partial charge in [0.25, 0.3) is 0 Å². The highest BCUT2D eigenvalue weighted by atomic mass is 16.2. The van der Waals surface area contributed by atoms with E-state index in [2.05, 4.69) is 12.2 Å². The Kier molecular flexibility index (Phi) is 2.20. The minimum Gasteiger partial charge on any atom is -0.352 e. The van der Waals surface area contributed by atoms with Crippen LogP contribution in [0, 0.1) is 23.2 Å². The van der Waals surface area contributed by atoms with E-state index in [-0.39, 0.29) is 12.1 Å². The molecular weight excluding hydrogens is 200 g/mol. The van der Waals surface area contributed by atoms with Gasteiger partial charge in [-0.1, -0.05) is 0 Å². The monoisotopic (exact) mass is 222 g/mol. The standard InChI is InChI=1S/C13H22N2O/c1-8(15-12(14)16)13-5-9-2-10(6-13)4-11(3-9)7-13/h8-11H,2-7H2,1H3,(H3,14,15,16)/t8-,9?,10?,11?,13?/m0/s1. The maximum absolute atomic E-state index is 11.0. The Bertz CT molecular complexity index is 278. The van der Waals surface area contributed by atoms with Crippen LogP contribution >= 0.6 is 0 Å². The summed E-state index contributed by atoms with van der Waals surface area (Å²) in [6.07, 6.45) is 8.30. The summed E-state index contributed by atoms with van der Waals surface area (Å²) < 4.78 is 0. The van der Waals surface area contributed by atoms with E-state index in [0.717, 1.165) is 17.8 Å². The molecule has 0 aromatic rings. The lowest BCUT2D eigenvalue weighted by Crippen LogP contribution is -2.56. The highest BCUT2D eigenvalue weighted by molar-refractivity contribution is 5.72. The molecule has 3 heteroatoms. The Morgan fingerprint density at radius 1 is 1.19 bits per heavy atom. The van der Waals surface area contributed by atoms with Crippen LogP contribution in [0.2, 0.25) is 0 Å². The average molecular weight is 222 g/mol. The fraction of sp³-hybridized carbons (Fsp3) is 0.923. The number of carbonyl (C=O) groups excluding carboxylic acids is 1. The maximum atomic E-state index is 11.0. The summed E-state index contributed by atoms with van der Waals surface area (Å²) in [5.41, 5.74) is 5.64. The molecule has 90 valence electrons. The number of urea groups is 1. The molecule has 1 atom stereocenters. The van der Waals surface area contributed by atoms with Gasteiger partial charge in [-0.2, -0.15) is 0 Å². The molecule has 0 aromatic carbocycles. The molecule has 4 fully saturated rings. The molecular formula is C13H22N2O. The van der Waals surface area contributed by atoms with Crippen molar-refractivity contribution < 1.29 is 4.79 Å². The summed E-state index contributed by atoms with van der Waals surface area (Å²) in [5, 5.41) is 2.94. The fourth-order valence-electron chi connectivity index (χ4n) is 5.07. The van der Waals surface area contributed by atoms with Gasteiger partial charge in [-0.05, 0) is 68.6 Å². The van der Waals surface area contributed by atoms with Gasteiger partial charge in [-0.15, -0.1) is 0 Å². The van der Waals surface area contributed by atoms with Gasteiger partial charge in [-0.3, -0.25) is 0 Å². The predicted octanol–water partition coefficient (Wildman–Crippen LogP) is 2.26. The summed E-state index contributed by atoms with van der Waals surface area (Å²) in [4.78, 5) is 11.0. The van der Waals surface area contributed by atoms with E-state index in [1.165, 1.54) is 38.5 Å². The van der Waals surface area contributed by atoms with Crippen LogP contribution in [0.3, 0.4) is 0 Å². The van der Waals surface area contributed by atoms with Gasteiger partial charge < -0.3 is 11.1 Å². The molecule has 0 aliphatic heterocycles. The Labute approximate surface area is 97.2 Å². The number of hydrogen-bond acceptors (Lipinski definition) is 1. The van der Waals surface area contributed by atoms with Crippen molar-refractivity contribution in [1.82, 2.24) is 5.32 Å². The van der Waals surface area contributed by atoms with E-state index in [4.69, 9.17) is 5.73 Å². The molecule has 4 aliphatic carbocycles. The topological polar surface area (TPSA) is 55.1 Å². The van der Waals surface area contributed by atoms with E-state index < -0.39 is 0 Å². The van der Waals surface area contributed by atoms with Crippen molar-refractivity contribution >= 4 is 6.03 Å². The lowest BCUT2D eigenvalue weighted by Gasteiger charge is -2.59. The van der Waals surface area contributed by atoms with Crippen LogP contribution in [0.15, 0.2) is 0 Å². The third kappa shape index (κ3) is 1.52. The van der Waals surface area contributed by atoms with Gasteiger partial charge in [0.15, 0.2) is 0 Å². The molecule has 0 aromatic heterocycles. The number of nitrogens with two attached hydrogens (primary N) is 1. The zero-order chi connectivity index (χ0) is 11.3. The van der Waals surface area contributed by atoms with E-state index >= 15 is 0 Å². The molecule has 0 unspecified atom stereocenters. The number of carbonyl (C=O) groups is 1. The van der Waals surface area contributed by atoms with Crippen molar-refractivity contribution in [1.29, 1.82) is 0 Å². The van der Waals surface area contributed by atoms with Gasteiger partial charge >= 0.3 is 6.03 Å². The number of rotatable bonds is 2.